The maximum Gasteiger partial charge on any atom is 0.233 e. The molecule has 1 aromatic carbocycles. The third-order valence-electron chi connectivity index (χ3n) is 3.14. The molecule has 102 valence electrons. The molecule has 0 amide bonds. The van der Waals surface area contributed by atoms with E-state index < -0.39 is 0 Å². The Bertz CT molecular complexity index is 556. The maximum absolute atomic E-state index is 9.84. The van der Waals surface area contributed by atoms with Gasteiger partial charge in [-0.15, -0.1) is 5.10 Å². The van der Waals surface area contributed by atoms with Crippen molar-refractivity contribution in [2.75, 3.05) is 7.11 Å². The zero-order valence-electron chi connectivity index (χ0n) is 11.8. The van der Waals surface area contributed by atoms with Crippen LogP contribution in [0.2, 0.25) is 0 Å². The van der Waals surface area contributed by atoms with E-state index in [0.717, 1.165) is 29.1 Å². The van der Waals surface area contributed by atoms with E-state index in [-0.39, 0.29) is 5.88 Å². The van der Waals surface area contributed by atoms with Crippen molar-refractivity contribution in [2.24, 2.45) is 5.92 Å². The van der Waals surface area contributed by atoms with Crippen molar-refractivity contribution in [3.8, 4) is 17.3 Å². The van der Waals surface area contributed by atoms with Gasteiger partial charge in [-0.05, 0) is 43.5 Å². The maximum atomic E-state index is 9.84. The van der Waals surface area contributed by atoms with Gasteiger partial charge in [0.15, 0.2) is 0 Å². The highest BCUT2D eigenvalue weighted by Crippen LogP contribution is 2.25. The highest BCUT2D eigenvalue weighted by Gasteiger charge is 2.15. The van der Waals surface area contributed by atoms with Gasteiger partial charge in [-0.25, -0.2) is 4.68 Å². The third-order valence-corrected chi connectivity index (χ3v) is 3.14. The average molecular weight is 260 g/mol. The molecular formula is C15H20N2O2. The molecule has 0 aliphatic carbocycles. The van der Waals surface area contributed by atoms with Crippen molar-refractivity contribution >= 4 is 0 Å². The molecule has 2 aromatic rings. The Morgan fingerprint density at radius 1 is 1.26 bits per heavy atom. The molecule has 19 heavy (non-hydrogen) atoms. The van der Waals surface area contributed by atoms with Crippen LogP contribution in [-0.4, -0.2) is 22.0 Å². The predicted octanol–water partition coefficient (Wildman–Crippen LogP) is 3.09. The Morgan fingerprint density at radius 3 is 2.42 bits per heavy atom. The normalized spacial score (nSPS) is 11.0. The lowest BCUT2D eigenvalue weighted by atomic mass is 10.1. The lowest BCUT2D eigenvalue weighted by Gasteiger charge is -2.10. The second kappa shape index (κ2) is 5.34. The Morgan fingerprint density at radius 2 is 1.89 bits per heavy atom. The van der Waals surface area contributed by atoms with E-state index in [1.54, 1.807) is 7.11 Å². The Hall–Kier alpha value is -1.97. The van der Waals surface area contributed by atoms with Crippen LogP contribution in [0, 0.1) is 12.8 Å². The van der Waals surface area contributed by atoms with Crippen LogP contribution in [0.4, 0.5) is 0 Å². The Balaban J connectivity index is 2.45. The van der Waals surface area contributed by atoms with Crippen molar-refractivity contribution in [3.63, 3.8) is 0 Å². The van der Waals surface area contributed by atoms with Crippen molar-refractivity contribution in [2.45, 2.75) is 27.2 Å². The van der Waals surface area contributed by atoms with Gasteiger partial charge >= 0.3 is 0 Å². The largest absolute Gasteiger partial charge is 0.497 e. The number of ether oxygens (including phenoxy) is 1. The molecule has 0 unspecified atom stereocenters. The summed E-state index contributed by atoms with van der Waals surface area (Å²) < 4.78 is 6.96. The second-order valence-corrected chi connectivity index (χ2v) is 5.10. The van der Waals surface area contributed by atoms with E-state index >= 15 is 0 Å². The molecule has 0 fully saturated rings. The Labute approximate surface area is 113 Å². The minimum atomic E-state index is 0.103. The highest BCUT2D eigenvalue weighted by atomic mass is 16.5. The lowest BCUT2D eigenvalue weighted by molar-refractivity contribution is 0.414. The van der Waals surface area contributed by atoms with E-state index in [1.807, 2.05) is 35.9 Å². The molecule has 0 saturated carbocycles. The molecule has 1 N–H and O–H groups in total. The topological polar surface area (TPSA) is 47.3 Å². The van der Waals surface area contributed by atoms with Gasteiger partial charge in [0.2, 0.25) is 5.88 Å². The number of hydrogen-bond donors (Lipinski definition) is 1. The quantitative estimate of drug-likeness (QED) is 0.919. The van der Waals surface area contributed by atoms with Gasteiger partial charge in [-0.2, -0.15) is 0 Å². The number of rotatable bonds is 4. The summed E-state index contributed by atoms with van der Waals surface area (Å²) in [6.45, 7) is 6.21. The molecule has 0 aliphatic rings. The number of nitrogens with zero attached hydrogens (tertiary/aromatic N) is 2. The molecule has 2 rings (SSSR count). The second-order valence-electron chi connectivity index (χ2n) is 5.10. The molecule has 0 radical (unpaired) electrons. The molecule has 0 atom stereocenters. The number of aromatic hydroxyl groups is 1. The summed E-state index contributed by atoms with van der Waals surface area (Å²) in [6, 6.07) is 7.66. The van der Waals surface area contributed by atoms with Crippen molar-refractivity contribution in [3.05, 3.63) is 35.5 Å². The summed E-state index contributed by atoms with van der Waals surface area (Å²) in [4.78, 5) is 0. The molecule has 0 aliphatic heterocycles. The fourth-order valence-corrected chi connectivity index (χ4v) is 2.08. The number of hydrogen-bond acceptors (Lipinski definition) is 3. The summed E-state index contributed by atoms with van der Waals surface area (Å²) >= 11 is 0. The fraction of sp³-hybridized carbons (Fsp3) is 0.400. The SMILES string of the molecule is COc1ccc(-n2nc(O)c(C)c2CC(C)C)cc1. The Kier molecular flexibility index (Phi) is 3.79. The van der Waals surface area contributed by atoms with E-state index in [2.05, 4.69) is 18.9 Å². The van der Waals surface area contributed by atoms with E-state index in [4.69, 9.17) is 4.74 Å². The van der Waals surface area contributed by atoms with Crippen LogP contribution in [0.3, 0.4) is 0 Å². The molecule has 0 spiro atoms. The van der Waals surface area contributed by atoms with Gasteiger partial charge in [0, 0.05) is 5.56 Å². The van der Waals surface area contributed by atoms with Crippen LogP contribution in [0.5, 0.6) is 11.6 Å². The standard InChI is InChI=1S/C15H20N2O2/c1-10(2)9-14-11(3)15(18)16-17(14)12-5-7-13(19-4)8-6-12/h5-8,10H,9H2,1-4H3,(H,16,18). The van der Waals surface area contributed by atoms with E-state index in [0.29, 0.717) is 5.92 Å². The van der Waals surface area contributed by atoms with Crippen LogP contribution in [-0.2, 0) is 6.42 Å². The van der Waals surface area contributed by atoms with Gasteiger partial charge in [0.05, 0.1) is 18.5 Å². The van der Waals surface area contributed by atoms with Gasteiger partial charge < -0.3 is 9.84 Å². The van der Waals surface area contributed by atoms with Crippen molar-refractivity contribution in [1.82, 2.24) is 9.78 Å². The third kappa shape index (κ3) is 2.72. The first-order valence-corrected chi connectivity index (χ1v) is 6.44. The van der Waals surface area contributed by atoms with Crippen LogP contribution < -0.4 is 4.74 Å². The van der Waals surface area contributed by atoms with E-state index in [1.165, 1.54) is 0 Å². The summed E-state index contributed by atoms with van der Waals surface area (Å²) in [5.41, 5.74) is 2.84. The summed E-state index contributed by atoms with van der Waals surface area (Å²) in [5, 5.41) is 14.1. The molecule has 4 heteroatoms. The van der Waals surface area contributed by atoms with Gasteiger partial charge in [-0.1, -0.05) is 13.8 Å². The number of methoxy groups -OCH3 is 1. The van der Waals surface area contributed by atoms with Crippen molar-refractivity contribution < 1.29 is 9.84 Å². The lowest BCUT2D eigenvalue weighted by Crippen LogP contribution is -2.06. The van der Waals surface area contributed by atoms with Crippen LogP contribution in [0.15, 0.2) is 24.3 Å². The summed E-state index contributed by atoms with van der Waals surface area (Å²) in [6.07, 6.45) is 0.880. The summed E-state index contributed by atoms with van der Waals surface area (Å²) in [7, 11) is 1.64. The van der Waals surface area contributed by atoms with Crippen molar-refractivity contribution in [1.29, 1.82) is 0 Å². The first kappa shape index (κ1) is 13.5. The van der Waals surface area contributed by atoms with Crippen LogP contribution >= 0.6 is 0 Å². The minimum Gasteiger partial charge on any atom is -0.497 e. The van der Waals surface area contributed by atoms with Crippen LogP contribution in [0.25, 0.3) is 5.69 Å². The number of aromatic nitrogens is 2. The highest BCUT2D eigenvalue weighted by molar-refractivity contribution is 5.41. The fourth-order valence-electron chi connectivity index (χ4n) is 2.08. The first-order chi connectivity index (χ1) is 9.02. The van der Waals surface area contributed by atoms with Gasteiger partial charge in [0.1, 0.15) is 5.75 Å². The summed E-state index contributed by atoms with van der Waals surface area (Å²) in [5.74, 6) is 1.42. The van der Waals surface area contributed by atoms with E-state index in [9.17, 15) is 5.11 Å². The number of benzene rings is 1. The zero-order chi connectivity index (χ0) is 14.0. The molecule has 0 bridgehead atoms. The molecule has 1 heterocycles. The molecule has 0 saturated heterocycles. The van der Waals surface area contributed by atoms with Crippen LogP contribution in [0.1, 0.15) is 25.1 Å². The smallest absolute Gasteiger partial charge is 0.233 e. The molecular weight excluding hydrogens is 240 g/mol. The van der Waals surface area contributed by atoms with Gasteiger partial charge in [-0.3, -0.25) is 0 Å². The monoisotopic (exact) mass is 260 g/mol. The molecule has 4 nitrogen and oxygen atoms in total. The molecule has 1 aromatic heterocycles. The average Bonchev–Trinajstić information content (AvgIpc) is 2.67. The minimum absolute atomic E-state index is 0.103. The zero-order valence-corrected chi connectivity index (χ0v) is 11.8. The predicted molar refractivity (Wildman–Crippen MR) is 75.1 cm³/mol. The van der Waals surface area contributed by atoms with Gasteiger partial charge in [0.25, 0.3) is 0 Å². The first-order valence-electron chi connectivity index (χ1n) is 6.44.